The summed E-state index contributed by atoms with van der Waals surface area (Å²) in [5, 5.41) is 19.8. The van der Waals surface area contributed by atoms with Crippen LogP contribution in [0.4, 0.5) is 5.69 Å². The zero-order valence-corrected chi connectivity index (χ0v) is 12.1. The van der Waals surface area contributed by atoms with Gasteiger partial charge in [0.15, 0.2) is 0 Å². The van der Waals surface area contributed by atoms with Crippen molar-refractivity contribution in [1.82, 2.24) is 4.90 Å². The van der Waals surface area contributed by atoms with E-state index in [2.05, 4.69) is 0 Å². The first-order valence-corrected chi connectivity index (χ1v) is 6.61. The van der Waals surface area contributed by atoms with Crippen molar-refractivity contribution >= 4 is 23.3 Å². The van der Waals surface area contributed by atoms with Crippen molar-refractivity contribution in [2.24, 2.45) is 0 Å². The summed E-state index contributed by atoms with van der Waals surface area (Å²) in [6, 6.07) is 4.18. The molecule has 0 aliphatic carbocycles. The van der Waals surface area contributed by atoms with E-state index in [1.54, 1.807) is 6.07 Å². The maximum Gasteiger partial charge on any atom is 0.304 e. The first-order chi connectivity index (χ1) is 9.35. The van der Waals surface area contributed by atoms with Crippen molar-refractivity contribution in [3.8, 4) is 0 Å². The molecule has 1 atom stereocenters. The highest BCUT2D eigenvalue weighted by Crippen LogP contribution is 2.24. The second kappa shape index (κ2) is 7.21. The number of aliphatic carboxylic acids is 1. The predicted octanol–water partition coefficient (Wildman–Crippen LogP) is 2.93. The van der Waals surface area contributed by atoms with E-state index in [-0.39, 0.29) is 18.2 Å². The minimum absolute atomic E-state index is 0.0401. The van der Waals surface area contributed by atoms with Gasteiger partial charge in [0.2, 0.25) is 0 Å². The molecular formula is C13H17ClN2O4. The number of hydrogen-bond acceptors (Lipinski definition) is 4. The maximum absolute atomic E-state index is 10.7. The summed E-state index contributed by atoms with van der Waals surface area (Å²) in [6.07, 6.45) is 0.0401. The quantitative estimate of drug-likeness (QED) is 0.618. The molecule has 110 valence electrons. The van der Waals surface area contributed by atoms with E-state index in [4.69, 9.17) is 16.7 Å². The Bertz CT molecular complexity index is 507. The van der Waals surface area contributed by atoms with Crippen LogP contribution in [0.25, 0.3) is 0 Å². The smallest absolute Gasteiger partial charge is 0.304 e. The van der Waals surface area contributed by atoms with Crippen LogP contribution in [0.5, 0.6) is 0 Å². The average molecular weight is 301 g/mol. The normalized spacial score (nSPS) is 12.4. The number of carbonyl (C=O) groups is 1. The average Bonchev–Trinajstić information content (AvgIpc) is 2.36. The second-order valence-electron chi connectivity index (χ2n) is 4.54. The molecule has 0 saturated carbocycles. The largest absolute Gasteiger partial charge is 0.481 e. The number of non-ortho nitro benzene ring substituents is 1. The zero-order chi connectivity index (χ0) is 15.3. The molecule has 0 aromatic heterocycles. The minimum atomic E-state index is -0.856. The molecule has 7 heteroatoms. The number of halogens is 1. The van der Waals surface area contributed by atoms with Crippen LogP contribution in [-0.2, 0) is 11.3 Å². The van der Waals surface area contributed by atoms with Crippen molar-refractivity contribution in [3.05, 3.63) is 38.9 Å². The van der Waals surface area contributed by atoms with Crippen molar-refractivity contribution < 1.29 is 14.8 Å². The van der Waals surface area contributed by atoms with Crippen LogP contribution in [0.1, 0.15) is 25.8 Å². The molecule has 1 aromatic carbocycles. The Labute approximate surface area is 122 Å². The van der Waals surface area contributed by atoms with Crippen molar-refractivity contribution in [1.29, 1.82) is 0 Å². The Hall–Kier alpha value is -1.66. The fourth-order valence-corrected chi connectivity index (χ4v) is 2.19. The van der Waals surface area contributed by atoms with Gasteiger partial charge in [0, 0.05) is 24.7 Å². The van der Waals surface area contributed by atoms with Gasteiger partial charge < -0.3 is 5.11 Å². The third kappa shape index (κ3) is 4.47. The molecule has 0 bridgehead atoms. The molecule has 0 fully saturated rings. The van der Waals surface area contributed by atoms with Crippen LogP contribution in [0.3, 0.4) is 0 Å². The summed E-state index contributed by atoms with van der Waals surface area (Å²) in [6.45, 7) is 4.89. The summed E-state index contributed by atoms with van der Waals surface area (Å²) < 4.78 is 0. The van der Waals surface area contributed by atoms with Gasteiger partial charge in [0.1, 0.15) is 0 Å². The zero-order valence-electron chi connectivity index (χ0n) is 11.4. The summed E-state index contributed by atoms with van der Waals surface area (Å²) in [5.74, 6) is -0.856. The number of nitro groups is 1. The van der Waals surface area contributed by atoms with Gasteiger partial charge in [0.25, 0.3) is 5.69 Å². The highest BCUT2D eigenvalue weighted by Gasteiger charge is 2.18. The van der Waals surface area contributed by atoms with Gasteiger partial charge >= 0.3 is 5.97 Å². The van der Waals surface area contributed by atoms with E-state index in [1.165, 1.54) is 12.1 Å². The summed E-state index contributed by atoms with van der Waals surface area (Å²) in [7, 11) is 0. The third-order valence-electron chi connectivity index (χ3n) is 3.12. The predicted molar refractivity (Wildman–Crippen MR) is 75.9 cm³/mol. The lowest BCUT2D eigenvalue weighted by molar-refractivity contribution is -0.384. The van der Waals surface area contributed by atoms with Crippen LogP contribution in [0.2, 0.25) is 5.02 Å². The molecule has 0 amide bonds. The van der Waals surface area contributed by atoms with Gasteiger partial charge in [0.05, 0.1) is 16.4 Å². The Kier molecular flexibility index (Phi) is 5.91. The number of benzene rings is 1. The van der Waals surface area contributed by atoms with Gasteiger partial charge in [-0.15, -0.1) is 0 Å². The fourth-order valence-electron chi connectivity index (χ4n) is 1.96. The SMILES string of the molecule is CCN(Cc1ccc([N+](=O)[O-])cc1Cl)C(C)CC(=O)O. The number of nitrogens with zero attached hydrogens (tertiary/aromatic N) is 2. The van der Waals surface area contributed by atoms with Gasteiger partial charge in [-0.05, 0) is 25.1 Å². The molecule has 20 heavy (non-hydrogen) atoms. The Morgan fingerprint density at radius 3 is 2.65 bits per heavy atom. The van der Waals surface area contributed by atoms with Crippen molar-refractivity contribution in [2.75, 3.05) is 6.54 Å². The van der Waals surface area contributed by atoms with Gasteiger partial charge in [-0.2, -0.15) is 0 Å². The van der Waals surface area contributed by atoms with E-state index >= 15 is 0 Å². The molecule has 1 rings (SSSR count). The second-order valence-corrected chi connectivity index (χ2v) is 4.95. The molecule has 0 spiro atoms. The molecule has 1 unspecified atom stereocenters. The van der Waals surface area contributed by atoms with E-state index in [0.717, 1.165) is 5.56 Å². The van der Waals surface area contributed by atoms with Gasteiger partial charge in [-0.1, -0.05) is 18.5 Å². The van der Waals surface area contributed by atoms with Gasteiger partial charge in [-0.3, -0.25) is 19.8 Å². The molecule has 6 nitrogen and oxygen atoms in total. The lowest BCUT2D eigenvalue weighted by Crippen LogP contribution is -2.34. The van der Waals surface area contributed by atoms with Crippen molar-refractivity contribution in [2.45, 2.75) is 32.9 Å². The minimum Gasteiger partial charge on any atom is -0.481 e. The van der Waals surface area contributed by atoms with Crippen LogP contribution in [0, 0.1) is 10.1 Å². The lowest BCUT2D eigenvalue weighted by Gasteiger charge is -2.27. The standard InChI is InChI=1S/C13H17ClN2O4/c1-3-15(9(2)6-13(17)18)8-10-4-5-11(16(19)20)7-12(10)14/h4-5,7,9H,3,6,8H2,1-2H3,(H,17,18). The highest BCUT2D eigenvalue weighted by atomic mass is 35.5. The molecule has 0 aliphatic heterocycles. The third-order valence-corrected chi connectivity index (χ3v) is 3.47. The highest BCUT2D eigenvalue weighted by molar-refractivity contribution is 6.31. The van der Waals surface area contributed by atoms with Crippen LogP contribution >= 0.6 is 11.6 Å². The van der Waals surface area contributed by atoms with Crippen LogP contribution in [0.15, 0.2) is 18.2 Å². The van der Waals surface area contributed by atoms with Crippen LogP contribution < -0.4 is 0 Å². The monoisotopic (exact) mass is 300 g/mol. The Morgan fingerprint density at radius 1 is 1.55 bits per heavy atom. The molecular weight excluding hydrogens is 284 g/mol. The van der Waals surface area contributed by atoms with E-state index < -0.39 is 10.9 Å². The summed E-state index contributed by atoms with van der Waals surface area (Å²) in [4.78, 5) is 22.8. The first kappa shape index (κ1) is 16.4. The number of carboxylic acids is 1. The van der Waals surface area contributed by atoms with Gasteiger partial charge in [-0.25, -0.2) is 0 Å². The van der Waals surface area contributed by atoms with E-state index in [0.29, 0.717) is 18.1 Å². The van der Waals surface area contributed by atoms with Crippen molar-refractivity contribution in [3.63, 3.8) is 0 Å². The molecule has 1 aromatic rings. The summed E-state index contributed by atoms with van der Waals surface area (Å²) in [5.41, 5.74) is 0.691. The molecule has 0 heterocycles. The topological polar surface area (TPSA) is 83.7 Å². The number of hydrogen-bond donors (Lipinski definition) is 1. The molecule has 0 radical (unpaired) electrons. The number of carboxylic acid groups (broad SMARTS) is 1. The molecule has 0 saturated heterocycles. The first-order valence-electron chi connectivity index (χ1n) is 6.23. The van der Waals surface area contributed by atoms with E-state index in [1.807, 2.05) is 18.7 Å². The molecule has 1 N–H and O–H groups in total. The molecule has 0 aliphatic rings. The maximum atomic E-state index is 10.7. The Morgan fingerprint density at radius 2 is 2.20 bits per heavy atom. The Balaban J connectivity index is 2.85. The van der Waals surface area contributed by atoms with Crippen LogP contribution in [-0.4, -0.2) is 33.5 Å². The lowest BCUT2D eigenvalue weighted by atomic mass is 10.1. The fraction of sp³-hybridized carbons (Fsp3) is 0.462. The summed E-state index contributed by atoms with van der Waals surface area (Å²) >= 11 is 6.04. The number of rotatable bonds is 7. The number of nitro benzene ring substituents is 1. The van der Waals surface area contributed by atoms with E-state index in [9.17, 15) is 14.9 Å².